The Balaban J connectivity index is 2.25. The minimum absolute atomic E-state index is 0.139. The molecular formula is C25H33N5O4S. The molecule has 0 radical (unpaired) electrons. The number of thiocarbonyl (C=S) groups is 1. The number of hydrogen-bond acceptors (Lipinski definition) is 6. The van der Waals surface area contributed by atoms with Gasteiger partial charge >= 0.3 is 5.97 Å². The molecule has 0 amide bonds. The molecule has 0 aliphatic heterocycles. The number of rotatable bonds is 12. The molecule has 0 spiro atoms. The van der Waals surface area contributed by atoms with Crippen LogP contribution in [0.1, 0.15) is 31.9 Å². The summed E-state index contributed by atoms with van der Waals surface area (Å²) in [6, 6.07) is 15.1. The molecule has 0 saturated carbocycles. The minimum Gasteiger partial charge on any atom is -0.493 e. The van der Waals surface area contributed by atoms with Gasteiger partial charge in [-0.25, -0.2) is 0 Å². The van der Waals surface area contributed by atoms with Crippen molar-refractivity contribution in [2.75, 3.05) is 26.9 Å². The molecule has 35 heavy (non-hydrogen) atoms. The largest absolute Gasteiger partial charge is 0.493 e. The fourth-order valence-corrected chi connectivity index (χ4v) is 3.50. The van der Waals surface area contributed by atoms with Crippen LogP contribution < -0.4 is 15.2 Å². The Hall–Kier alpha value is -3.49. The van der Waals surface area contributed by atoms with Crippen LogP contribution in [0.25, 0.3) is 10.4 Å². The molecule has 2 rings (SSSR count). The summed E-state index contributed by atoms with van der Waals surface area (Å²) in [7, 11) is 1.55. The van der Waals surface area contributed by atoms with Gasteiger partial charge in [0, 0.05) is 11.5 Å². The van der Waals surface area contributed by atoms with Gasteiger partial charge in [-0.15, -0.1) is 0 Å². The highest BCUT2D eigenvalue weighted by atomic mass is 32.1. The third kappa shape index (κ3) is 8.99. The SMILES string of the molecule is COc1cc(CN(C(N)=S)[C@H](COC(=O)C(C)(C)C)Cc2ccccc2)ccc1OCCN=[N+]=[N-]. The number of esters is 1. The molecule has 10 heteroatoms. The highest BCUT2D eigenvalue weighted by Gasteiger charge is 2.27. The van der Waals surface area contributed by atoms with E-state index in [9.17, 15) is 4.79 Å². The van der Waals surface area contributed by atoms with Gasteiger partial charge < -0.3 is 24.8 Å². The number of carbonyl (C=O) groups excluding carboxylic acids is 1. The molecule has 0 aliphatic rings. The van der Waals surface area contributed by atoms with Gasteiger partial charge in [-0.05, 0) is 68.2 Å². The summed E-state index contributed by atoms with van der Waals surface area (Å²) in [5, 5.41) is 3.66. The zero-order chi connectivity index (χ0) is 25.8. The Kier molecular flexibility index (Phi) is 10.6. The summed E-state index contributed by atoms with van der Waals surface area (Å²) in [5.41, 5.74) is 15.9. The predicted octanol–water partition coefficient (Wildman–Crippen LogP) is 4.63. The number of nitrogens with two attached hydrogens (primary N) is 1. The Morgan fingerprint density at radius 1 is 1.17 bits per heavy atom. The van der Waals surface area contributed by atoms with Crippen LogP contribution in [0.2, 0.25) is 0 Å². The molecule has 0 saturated heterocycles. The van der Waals surface area contributed by atoms with Crippen molar-refractivity contribution < 1.29 is 19.0 Å². The van der Waals surface area contributed by atoms with Crippen molar-refractivity contribution in [2.45, 2.75) is 39.8 Å². The quantitative estimate of drug-likeness (QED) is 0.113. The van der Waals surface area contributed by atoms with Crippen LogP contribution in [0, 0.1) is 5.41 Å². The van der Waals surface area contributed by atoms with Gasteiger partial charge in [-0.2, -0.15) is 0 Å². The van der Waals surface area contributed by atoms with Crippen molar-refractivity contribution >= 4 is 23.3 Å². The normalized spacial score (nSPS) is 11.7. The molecule has 188 valence electrons. The zero-order valence-corrected chi connectivity index (χ0v) is 21.5. The van der Waals surface area contributed by atoms with E-state index in [1.807, 2.05) is 68.1 Å². The lowest BCUT2D eigenvalue weighted by Gasteiger charge is -2.33. The molecule has 2 aromatic carbocycles. The summed E-state index contributed by atoms with van der Waals surface area (Å²) in [6.07, 6.45) is 0.591. The number of azide groups is 1. The van der Waals surface area contributed by atoms with Crippen molar-refractivity contribution in [3.8, 4) is 11.5 Å². The first-order valence-electron chi connectivity index (χ1n) is 11.2. The first-order chi connectivity index (χ1) is 16.7. The fraction of sp³-hybridized carbons (Fsp3) is 0.440. The average Bonchev–Trinajstić information content (AvgIpc) is 2.83. The molecule has 0 heterocycles. The van der Waals surface area contributed by atoms with Crippen molar-refractivity contribution in [2.24, 2.45) is 16.3 Å². The van der Waals surface area contributed by atoms with Gasteiger partial charge in [0.2, 0.25) is 0 Å². The van der Waals surface area contributed by atoms with Crippen LogP contribution in [-0.4, -0.2) is 48.9 Å². The van der Waals surface area contributed by atoms with Crippen LogP contribution in [0.5, 0.6) is 11.5 Å². The summed E-state index contributed by atoms with van der Waals surface area (Å²) in [4.78, 5) is 17.0. The molecule has 1 atom stereocenters. The van der Waals surface area contributed by atoms with Crippen LogP contribution in [0.15, 0.2) is 53.6 Å². The first-order valence-corrected chi connectivity index (χ1v) is 11.6. The standard InChI is InChI=1S/C25H33N5O4S/c1-25(2,3)23(31)34-17-20(14-18-8-6-5-7-9-18)30(24(26)35)16-19-10-11-21(22(15-19)32-4)33-13-12-28-29-27/h5-11,15,20H,12-14,16-17H2,1-4H3,(H2,26,35)/t20-/m0/s1. The Bertz CT molecular complexity index is 1040. The van der Waals surface area contributed by atoms with E-state index in [2.05, 4.69) is 10.0 Å². The number of hydrogen-bond donors (Lipinski definition) is 1. The molecule has 0 aromatic heterocycles. The lowest BCUT2D eigenvalue weighted by molar-refractivity contribution is -0.154. The number of carbonyl (C=O) groups is 1. The van der Waals surface area contributed by atoms with Crippen LogP contribution in [0.4, 0.5) is 0 Å². The monoisotopic (exact) mass is 499 g/mol. The Morgan fingerprint density at radius 2 is 1.89 bits per heavy atom. The maximum absolute atomic E-state index is 12.5. The van der Waals surface area contributed by atoms with Crippen molar-refractivity contribution in [3.05, 3.63) is 70.1 Å². The second kappa shape index (κ2) is 13.4. The van der Waals surface area contributed by atoms with E-state index < -0.39 is 5.41 Å². The first kappa shape index (κ1) is 27.8. The molecule has 0 aliphatic carbocycles. The lowest BCUT2D eigenvalue weighted by Crippen LogP contribution is -2.47. The zero-order valence-electron chi connectivity index (χ0n) is 20.6. The highest BCUT2D eigenvalue weighted by Crippen LogP contribution is 2.29. The second-order valence-corrected chi connectivity index (χ2v) is 9.36. The number of ether oxygens (including phenoxy) is 3. The maximum atomic E-state index is 12.5. The maximum Gasteiger partial charge on any atom is 0.311 e. The van der Waals surface area contributed by atoms with E-state index in [0.717, 1.165) is 11.1 Å². The molecule has 2 N–H and O–H groups in total. The Labute approximate surface area is 211 Å². The van der Waals surface area contributed by atoms with Crippen molar-refractivity contribution in [1.29, 1.82) is 0 Å². The molecule has 9 nitrogen and oxygen atoms in total. The summed E-state index contributed by atoms with van der Waals surface area (Å²) in [5.74, 6) is 0.777. The van der Waals surface area contributed by atoms with E-state index in [1.165, 1.54) is 0 Å². The smallest absolute Gasteiger partial charge is 0.311 e. The van der Waals surface area contributed by atoms with Gasteiger partial charge in [-0.3, -0.25) is 4.79 Å². The number of methoxy groups -OCH3 is 1. The number of nitrogens with zero attached hydrogens (tertiary/aromatic N) is 4. The number of benzene rings is 2. The van der Waals surface area contributed by atoms with Crippen LogP contribution >= 0.6 is 12.2 Å². The van der Waals surface area contributed by atoms with Gasteiger partial charge in [-0.1, -0.05) is 41.5 Å². The molecular weight excluding hydrogens is 466 g/mol. The summed E-state index contributed by atoms with van der Waals surface area (Å²) in [6.45, 7) is 6.41. The van der Waals surface area contributed by atoms with Gasteiger partial charge in [0.1, 0.15) is 6.61 Å². The molecule has 0 unspecified atom stereocenters. The second-order valence-electron chi connectivity index (χ2n) is 8.95. The molecule has 0 fully saturated rings. The van der Waals surface area contributed by atoms with Gasteiger partial charge in [0.15, 0.2) is 16.6 Å². The van der Waals surface area contributed by atoms with Crippen molar-refractivity contribution in [3.63, 3.8) is 0 Å². The van der Waals surface area contributed by atoms with E-state index in [4.69, 9.17) is 37.7 Å². The van der Waals surface area contributed by atoms with Crippen LogP contribution in [-0.2, 0) is 22.5 Å². The van der Waals surface area contributed by atoms with E-state index in [1.54, 1.807) is 13.2 Å². The topological polar surface area (TPSA) is 123 Å². The van der Waals surface area contributed by atoms with Gasteiger partial charge in [0.25, 0.3) is 0 Å². The predicted molar refractivity (Wildman–Crippen MR) is 139 cm³/mol. The van der Waals surface area contributed by atoms with E-state index in [-0.39, 0.29) is 36.9 Å². The van der Waals surface area contributed by atoms with E-state index >= 15 is 0 Å². The average molecular weight is 500 g/mol. The highest BCUT2D eigenvalue weighted by molar-refractivity contribution is 7.80. The van der Waals surface area contributed by atoms with Crippen LogP contribution in [0.3, 0.4) is 0 Å². The molecule has 0 bridgehead atoms. The molecule has 2 aromatic rings. The van der Waals surface area contributed by atoms with Gasteiger partial charge in [0.05, 0.1) is 31.7 Å². The van der Waals surface area contributed by atoms with Crippen molar-refractivity contribution in [1.82, 2.24) is 4.90 Å². The third-order valence-electron chi connectivity index (χ3n) is 5.15. The summed E-state index contributed by atoms with van der Waals surface area (Å²) < 4.78 is 16.8. The Morgan fingerprint density at radius 3 is 2.49 bits per heavy atom. The fourth-order valence-electron chi connectivity index (χ4n) is 3.29. The minimum atomic E-state index is -0.618. The lowest BCUT2D eigenvalue weighted by atomic mass is 9.97. The summed E-state index contributed by atoms with van der Waals surface area (Å²) >= 11 is 5.40. The van der Waals surface area contributed by atoms with E-state index in [0.29, 0.717) is 24.5 Å². The third-order valence-corrected chi connectivity index (χ3v) is 5.38.